The molecular weight excluding hydrogens is 417 g/mol. The molecule has 1 heterocycles. The minimum atomic E-state index is -0.0849. The number of guanidine groups is 1. The van der Waals surface area contributed by atoms with Crippen LogP contribution in [0.4, 0.5) is 0 Å². The van der Waals surface area contributed by atoms with Crippen molar-refractivity contribution in [3.63, 3.8) is 0 Å². The van der Waals surface area contributed by atoms with Crippen LogP contribution in [0.5, 0.6) is 0 Å². The Labute approximate surface area is 161 Å². The van der Waals surface area contributed by atoms with Crippen molar-refractivity contribution in [1.82, 2.24) is 15.5 Å². The van der Waals surface area contributed by atoms with Gasteiger partial charge in [0, 0.05) is 25.2 Å². The summed E-state index contributed by atoms with van der Waals surface area (Å²) in [7, 11) is 1.62. The highest BCUT2D eigenvalue weighted by Crippen LogP contribution is 2.15. The molecule has 1 aliphatic rings. The van der Waals surface area contributed by atoms with Crippen LogP contribution in [0.2, 0.25) is 0 Å². The maximum Gasteiger partial charge on any atom is 0.251 e. The SMILES string of the molecule is CCN1CCCC1CNC(N)=NCc1ccc(C(=O)NC)cc1.I. The van der Waals surface area contributed by atoms with Crippen molar-refractivity contribution in [2.45, 2.75) is 32.4 Å². The van der Waals surface area contributed by atoms with E-state index < -0.39 is 0 Å². The van der Waals surface area contributed by atoms with E-state index in [-0.39, 0.29) is 29.9 Å². The van der Waals surface area contributed by atoms with Gasteiger partial charge in [-0.25, -0.2) is 4.99 Å². The topological polar surface area (TPSA) is 82.8 Å². The molecule has 2 rings (SSSR count). The molecule has 0 saturated carbocycles. The molecule has 0 bridgehead atoms. The van der Waals surface area contributed by atoms with Crippen LogP contribution in [0.25, 0.3) is 0 Å². The summed E-state index contributed by atoms with van der Waals surface area (Å²) >= 11 is 0. The normalized spacial score (nSPS) is 18.1. The second kappa shape index (κ2) is 10.5. The van der Waals surface area contributed by atoms with Crippen molar-refractivity contribution in [2.24, 2.45) is 10.7 Å². The molecule has 0 aromatic heterocycles. The molecule has 7 heteroatoms. The Morgan fingerprint density at radius 2 is 2.08 bits per heavy atom. The van der Waals surface area contributed by atoms with E-state index in [0.29, 0.717) is 24.1 Å². The van der Waals surface area contributed by atoms with E-state index in [4.69, 9.17) is 5.73 Å². The average Bonchev–Trinajstić information content (AvgIpc) is 3.05. The summed E-state index contributed by atoms with van der Waals surface area (Å²) in [5.74, 6) is 0.390. The maximum atomic E-state index is 11.5. The van der Waals surface area contributed by atoms with Crippen molar-refractivity contribution in [3.8, 4) is 0 Å². The van der Waals surface area contributed by atoms with E-state index >= 15 is 0 Å². The fourth-order valence-electron chi connectivity index (χ4n) is 2.90. The number of carbonyl (C=O) groups is 1. The number of nitrogens with zero attached hydrogens (tertiary/aromatic N) is 2. The zero-order valence-electron chi connectivity index (χ0n) is 14.4. The number of amides is 1. The third-order valence-electron chi connectivity index (χ3n) is 4.30. The van der Waals surface area contributed by atoms with Gasteiger partial charge < -0.3 is 16.4 Å². The van der Waals surface area contributed by atoms with Crippen molar-refractivity contribution < 1.29 is 4.79 Å². The second-order valence-electron chi connectivity index (χ2n) is 5.78. The third-order valence-corrected chi connectivity index (χ3v) is 4.30. The number of likely N-dealkylation sites (N-methyl/N-ethyl adjacent to an activating group) is 1. The van der Waals surface area contributed by atoms with Crippen molar-refractivity contribution in [1.29, 1.82) is 0 Å². The molecule has 0 aliphatic carbocycles. The van der Waals surface area contributed by atoms with E-state index in [1.165, 1.54) is 19.4 Å². The minimum Gasteiger partial charge on any atom is -0.370 e. The lowest BCUT2D eigenvalue weighted by Crippen LogP contribution is -2.42. The monoisotopic (exact) mass is 445 g/mol. The number of nitrogens with one attached hydrogen (secondary N) is 2. The summed E-state index contributed by atoms with van der Waals surface area (Å²) in [4.78, 5) is 18.3. The standard InChI is InChI=1S/C17H27N5O.HI/c1-3-22-10-4-5-15(22)12-21-17(18)20-11-13-6-8-14(9-7-13)16(23)19-2;/h6-9,15H,3-5,10-12H2,1-2H3,(H,19,23)(H3,18,20,21);1H. The fraction of sp³-hybridized carbons (Fsp3) is 0.529. The van der Waals surface area contributed by atoms with Gasteiger partial charge in [-0.1, -0.05) is 19.1 Å². The first-order valence-electron chi connectivity index (χ1n) is 8.23. The highest BCUT2D eigenvalue weighted by atomic mass is 127. The summed E-state index contributed by atoms with van der Waals surface area (Å²) in [6.07, 6.45) is 2.48. The van der Waals surface area contributed by atoms with Gasteiger partial charge in [0.1, 0.15) is 0 Å². The molecule has 24 heavy (non-hydrogen) atoms. The van der Waals surface area contributed by atoms with Gasteiger partial charge in [0.15, 0.2) is 5.96 Å². The molecular formula is C17H28IN5O. The van der Waals surface area contributed by atoms with Crippen LogP contribution in [0.3, 0.4) is 0 Å². The summed E-state index contributed by atoms with van der Waals surface area (Å²) in [6.45, 7) is 5.81. The van der Waals surface area contributed by atoms with E-state index in [1.807, 2.05) is 12.1 Å². The Bertz CT molecular complexity index is 546. The summed E-state index contributed by atoms with van der Waals surface area (Å²) in [5.41, 5.74) is 7.61. The Morgan fingerprint density at radius 3 is 2.71 bits per heavy atom. The lowest BCUT2D eigenvalue weighted by atomic mass is 10.1. The molecule has 1 saturated heterocycles. The molecule has 4 N–H and O–H groups in total. The Morgan fingerprint density at radius 1 is 1.38 bits per heavy atom. The minimum absolute atomic E-state index is 0. The van der Waals surface area contributed by atoms with Gasteiger partial charge in [0.25, 0.3) is 5.91 Å². The van der Waals surface area contributed by atoms with Crippen LogP contribution in [-0.2, 0) is 6.54 Å². The van der Waals surface area contributed by atoms with Crippen LogP contribution in [0.15, 0.2) is 29.3 Å². The zero-order chi connectivity index (χ0) is 16.7. The van der Waals surface area contributed by atoms with Gasteiger partial charge in [-0.05, 0) is 43.6 Å². The Hall–Kier alpha value is -1.35. The van der Waals surface area contributed by atoms with Crippen LogP contribution in [-0.4, -0.2) is 49.5 Å². The number of carbonyl (C=O) groups excluding carboxylic acids is 1. The predicted molar refractivity (Wildman–Crippen MR) is 109 cm³/mol. The fourth-order valence-corrected chi connectivity index (χ4v) is 2.90. The highest BCUT2D eigenvalue weighted by Gasteiger charge is 2.22. The zero-order valence-corrected chi connectivity index (χ0v) is 16.7. The molecule has 134 valence electrons. The smallest absolute Gasteiger partial charge is 0.251 e. The van der Waals surface area contributed by atoms with Crippen molar-refractivity contribution >= 4 is 35.8 Å². The van der Waals surface area contributed by atoms with Gasteiger partial charge in [-0.3, -0.25) is 9.69 Å². The Balaban J connectivity index is 0.00000288. The number of hydrogen-bond acceptors (Lipinski definition) is 3. The van der Waals surface area contributed by atoms with Crippen molar-refractivity contribution in [2.75, 3.05) is 26.7 Å². The lowest BCUT2D eigenvalue weighted by molar-refractivity contribution is 0.0963. The maximum absolute atomic E-state index is 11.5. The van der Waals surface area contributed by atoms with Gasteiger partial charge in [-0.2, -0.15) is 0 Å². The number of aliphatic imine (C=N–C) groups is 1. The predicted octanol–water partition coefficient (Wildman–Crippen LogP) is 1.55. The number of hydrogen-bond donors (Lipinski definition) is 3. The van der Waals surface area contributed by atoms with Gasteiger partial charge in [0.05, 0.1) is 6.54 Å². The third kappa shape index (κ3) is 5.94. The highest BCUT2D eigenvalue weighted by molar-refractivity contribution is 14.0. The van der Waals surface area contributed by atoms with Gasteiger partial charge in [-0.15, -0.1) is 24.0 Å². The van der Waals surface area contributed by atoms with Crippen LogP contribution in [0.1, 0.15) is 35.7 Å². The van der Waals surface area contributed by atoms with Gasteiger partial charge in [0.2, 0.25) is 0 Å². The number of likely N-dealkylation sites (tertiary alicyclic amines) is 1. The molecule has 0 spiro atoms. The van der Waals surface area contributed by atoms with E-state index in [9.17, 15) is 4.79 Å². The van der Waals surface area contributed by atoms with E-state index in [2.05, 4.69) is 27.4 Å². The first-order chi connectivity index (χ1) is 11.1. The van der Waals surface area contributed by atoms with Crippen LogP contribution in [0, 0.1) is 0 Å². The Kier molecular flexibility index (Phi) is 9.05. The number of rotatable bonds is 6. The lowest BCUT2D eigenvalue weighted by Gasteiger charge is -2.23. The van der Waals surface area contributed by atoms with Gasteiger partial charge >= 0.3 is 0 Å². The molecule has 1 fully saturated rings. The molecule has 6 nitrogen and oxygen atoms in total. The summed E-state index contributed by atoms with van der Waals surface area (Å²) in [5, 5.41) is 5.82. The molecule has 1 unspecified atom stereocenters. The van der Waals surface area contributed by atoms with Crippen LogP contribution >= 0.6 is 24.0 Å². The first-order valence-corrected chi connectivity index (χ1v) is 8.23. The number of halogens is 1. The van der Waals surface area contributed by atoms with Crippen LogP contribution < -0.4 is 16.4 Å². The quantitative estimate of drug-likeness (QED) is 0.353. The molecule has 1 atom stereocenters. The molecule has 1 aliphatic heterocycles. The molecule has 1 amide bonds. The molecule has 1 aromatic rings. The first kappa shape index (κ1) is 20.7. The largest absolute Gasteiger partial charge is 0.370 e. The molecule has 0 radical (unpaired) electrons. The van der Waals surface area contributed by atoms with E-state index in [0.717, 1.165) is 18.7 Å². The number of benzene rings is 1. The molecule has 1 aromatic carbocycles. The van der Waals surface area contributed by atoms with Crippen molar-refractivity contribution in [3.05, 3.63) is 35.4 Å². The number of nitrogens with two attached hydrogens (primary N) is 1. The summed E-state index contributed by atoms with van der Waals surface area (Å²) in [6, 6.07) is 7.95. The summed E-state index contributed by atoms with van der Waals surface area (Å²) < 4.78 is 0. The second-order valence-corrected chi connectivity index (χ2v) is 5.78. The average molecular weight is 445 g/mol. The van der Waals surface area contributed by atoms with E-state index in [1.54, 1.807) is 19.2 Å².